The Morgan fingerprint density at radius 2 is 1.45 bits per heavy atom. The van der Waals surface area contributed by atoms with Crippen molar-refractivity contribution in [3.63, 3.8) is 0 Å². The zero-order chi connectivity index (χ0) is 15.1. The number of carbonyl (C=O) groups excluding carboxylic acids is 2. The fourth-order valence-electron chi connectivity index (χ4n) is 1.35. The number of carbonyl (C=O) groups is 2. The van der Waals surface area contributed by atoms with Gasteiger partial charge in [-0.25, -0.2) is 0 Å². The average molecular weight is 275 g/mol. The number of aldehydes is 2. The summed E-state index contributed by atoms with van der Waals surface area (Å²) in [6, 6.07) is 8.90. The highest BCUT2D eigenvalue weighted by Crippen LogP contribution is 2.29. The van der Waals surface area contributed by atoms with E-state index in [9.17, 15) is 9.59 Å². The zero-order valence-corrected chi connectivity index (χ0v) is 10.4. The monoisotopic (exact) mass is 275 g/mol. The van der Waals surface area contributed by atoms with E-state index in [-0.39, 0.29) is 11.3 Å². The quantitative estimate of drug-likeness (QED) is 0.489. The van der Waals surface area contributed by atoms with Crippen LogP contribution in [0.25, 0.3) is 0 Å². The molecule has 2 aromatic rings. The zero-order valence-electron chi connectivity index (χ0n) is 10.4. The molecule has 0 atom stereocenters. The van der Waals surface area contributed by atoms with Crippen LogP contribution in [0, 0.1) is 0 Å². The number of aromatic hydroxyl groups is 3. The van der Waals surface area contributed by atoms with Crippen LogP contribution in [0.3, 0.4) is 0 Å². The fourth-order valence-corrected chi connectivity index (χ4v) is 1.35. The Morgan fingerprint density at radius 3 is 1.85 bits per heavy atom. The summed E-state index contributed by atoms with van der Waals surface area (Å²) in [7, 11) is 0. The second-order valence-corrected chi connectivity index (χ2v) is 3.76. The smallest absolute Gasteiger partial charge is 0.157 e. The number of nitrogen functional groups attached to an aromatic ring is 1. The summed E-state index contributed by atoms with van der Waals surface area (Å²) in [6.45, 7) is 0. The van der Waals surface area contributed by atoms with Gasteiger partial charge < -0.3 is 21.1 Å². The molecule has 5 N–H and O–H groups in total. The number of hydrogen-bond acceptors (Lipinski definition) is 6. The predicted octanol–water partition coefficient (Wildman–Crippen LogP) is 1.70. The van der Waals surface area contributed by atoms with Crippen LogP contribution in [0.2, 0.25) is 0 Å². The van der Waals surface area contributed by atoms with Crippen molar-refractivity contribution in [3.05, 3.63) is 47.5 Å². The van der Waals surface area contributed by atoms with Gasteiger partial charge in [-0.1, -0.05) is 12.1 Å². The lowest BCUT2D eigenvalue weighted by molar-refractivity contribution is 0.111. The molecule has 0 radical (unpaired) electrons. The van der Waals surface area contributed by atoms with Crippen LogP contribution in [-0.4, -0.2) is 27.9 Å². The molecule has 0 unspecified atom stereocenters. The molecule has 2 aromatic carbocycles. The Hall–Kier alpha value is -3.02. The average Bonchev–Trinajstić information content (AvgIpc) is 2.39. The number of phenols is 3. The summed E-state index contributed by atoms with van der Waals surface area (Å²) in [4.78, 5) is 20.3. The highest BCUT2D eigenvalue weighted by Gasteiger charge is 2.07. The molecular weight excluding hydrogens is 262 g/mol. The molecule has 0 spiro atoms. The summed E-state index contributed by atoms with van der Waals surface area (Å²) in [5, 5.41) is 26.6. The predicted molar refractivity (Wildman–Crippen MR) is 73.1 cm³/mol. The highest BCUT2D eigenvalue weighted by atomic mass is 16.3. The maximum atomic E-state index is 10.2. The van der Waals surface area contributed by atoms with E-state index in [1.54, 1.807) is 24.3 Å². The molecule has 0 saturated heterocycles. The number of anilines is 1. The molecule has 0 bridgehead atoms. The summed E-state index contributed by atoms with van der Waals surface area (Å²) in [5.74, 6) is -1.15. The molecule has 0 fully saturated rings. The molecule has 0 aromatic heterocycles. The highest BCUT2D eigenvalue weighted by molar-refractivity contribution is 5.84. The van der Waals surface area contributed by atoms with E-state index < -0.39 is 11.5 Å². The topological polar surface area (TPSA) is 121 Å². The largest absolute Gasteiger partial charge is 0.508 e. The van der Waals surface area contributed by atoms with Gasteiger partial charge in [-0.05, 0) is 12.1 Å². The molecule has 0 amide bonds. The molecule has 6 heteroatoms. The van der Waals surface area contributed by atoms with E-state index in [2.05, 4.69) is 0 Å². The summed E-state index contributed by atoms with van der Waals surface area (Å²) >= 11 is 0. The van der Waals surface area contributed by atoms with E-state index in [4.69, 9.17) is 21.1 Å². The molecule has 104 valence electrons. The summed E-state index contributed by atoms with van der Waals surface area (Å²) in [6.07, 6.45) is 1.05. The van der Waals surface area contributed by atoms with Crippen molar-refractivity contribution in [3.8, 4) is 17.2 Å². The first-order valence-electron chi connectivity index (χ1n) is 5.49. The first kappa shape index (κ1) is 15.0. The molecule has 2 rings (SSSR count). The lowest BCUT2D eigenvalue weighted by Crippen LogP contribution is -1.90. The van der Waals surface area contributed by atoms with Crippen molar-refractivity contribution in [2.75, 3.05) is 5.73 Å². The van der Waals surface area contributed by atoms with Crippen LogP contribution in [-0.2, 0) is 0 Å². The SMILES string of the molecule is Nc1ccccc1C=O.O=Cc1c(O)cc(O)cc1O. The van der Waals surface area contributed by atoms with Gasteiger partial charge in [-0.3, -0.25) is 9.59 Å². The molecule has 0 aliphatic heterocycles. The minimum atomic E-state index is -0.433. The van der Waals surface area contributed by atoms with Gasteiger partial charge in [-0.15, -0.1) is 0 Å². The van der Waals surface area contributed by atoms with E-state index >= 15 is 0 Å². The van der Waals surface area contributed by atoms with Gasteiger partial charge >= 0.3 is 0 Å². The maximum absolute atomic E-state index is 10.2. The Kier molecular flexibility index (Phi) is 5.11. The van der Waals surface area contributed by atoms with Gasteiger partial charge in [-0.2, -0.15) is 0 Å². The van der Waals surface area contributed by atoms with Crippen LogP contribution in [0.5, 0.6) is 17.2 Å². The van der Waals surface area contributed by atoms with E-state index in [1.807, 2.05) is 0 Å². The van der Waals surface area contributed by atoms with Gasteiger partial charge in [0.05, 0.1) is 5.56 Å². The number of nitrogens with two attached hydrogens (primary N) is 1. The van der Waals surface area contributed by atoms with Crippen molar-refractivity contribution in [2.24, 2.45) is 0 Å². The third kappa shape index (κ3) is 3.74. The molecule has 0 aliphatic carbocycles. The van der Waals surface area contributed by atoms with Gasteiger partial charge in [0.1, 0.15) is 17.2 Å². The van der Waals surface area contributed by atoms with Gasteiger partial charge in [0, 0.05) is 23.4 Å². The van der Waals surface area contributed by atoms with Crippen LogP contribution >= 0.6 is 0 Å². The molecule has 20 heavy (non-hydrogen) atoms. The first-order valence-corrected chi connectivity index (χ1v) is 5.49. The van der Waals surface area contributed by atoms with Crippen molar-refractivity contribution in [1.29, 1.82) is 0 Å². The summed E-state index contributed by atoms with van der Waals surface area (Å²) in [5.41, 5.74) is 6.27. The number of para-hydroxylation sites is 1. The molecule has 0 heterocycles. The Bertz CT molecular complexity index is 602. The minimum absolute atomic E-state index is 0.220. The Balaban J connectivity index is 0.000000204. The second kappa shape index (κ2) is 6.79. The van der Waals surface area contributed by atoms with E-state index in [0.29, 0.717) is 17.5 Å². The standard InChI is InChI=1S/C7H7NO.C7H6O4/c8-7-4-2-1-3-6(7)5-9;8-3-5-6(10)1-4(9)2-7(5)11/h1-5H,8H2;1-3,9-11H. The van der Waals surface area contributed by atoms with Crippen LogP contribution in [0.1, 0.15) is 20.7 Å². The third-order valence-electron chi connectivity index (χ3n) is 2.36. The van der Waals surface area contributed by atoms with Crippen LogP contribution < -0.4 is 5.73 Å². The second-order valence-electron chi connectivity index (χ2n) is 3.76. The van der Waals surface area contributed by atoms with Gasteiger partial charge in [0.2, 0.25) is 0 Å². The molecular formula is C14H13NO5. The van der Waals surface area contributed by atoms with Gasteiger partial charge in [0.15, 0.2) is 12.6 Å². The van der Waals surface area contributed by atoms with E-state index in [0.717, 1.165) is 18.4 Å². The fraction of sp³-hybridized carbons (Fsp3) is 0. The normalized spacial score (nSPS) is 9.20. The summed E-state index contributed by atoms with van der Waals surface area (Å²) < 4.78 is 0. The van der Waals surface area contributed by atoms with Crippen molar-refractivity contribution >= 4 is 18.3 Å². The van der Waals surface area contributed by atoms with Gasteiger partial charge in [0.25, 0.3) is 0 Å². The Labute approximate surface area is 114 Å². The molecule has 0 saturated carbocycles. The van der Waals surface area contributed by atoms with Crippen molar-refractivity contribution in [2.45, 2.75) is 0 Å². The first-order chi connectivity index (χ1) is 9.49. The number of phenolic OH excluding ortho intramolecular Hbond substituents is 3. The lowest BCUT2D eigenvalue weighted by atomic mass is 10.2. The van der Waals surface area contributed by atoms with Crippen LogP contribution in [0.4, 0.5) is 5.69 Å². The molecule has 0 aliphatic rings. The number of hydrogen-bond donors (Lipinski definition) is 4. The number of rotatable bonds is 2. The van der Waals surface area contributed by atoms with Crippen LogP contribution in [0.15, 0.2) is 36.4 Å². The Morgan fingerprint density at radius 1 is 0.900 bits per heavy atom. The van der Waals surface area contributed by atoms with Crippen molar-refractivity contribution in [1.82, 2.24) is 0 Å². The maximum Gasteiger partial charge on any atom is 0.157 e. The third-order valence-corrected chi connectivity index (χ3v) is 2.36. The number of benzene rings is 2. The van der Waals surface area contributed by atoms with E-state index in [1.165, 1.54) is 0 Å². The minimum Gasteiger partial charge on any atom is -0.508 e. The molecule has 6 nitrogen and oxygen atoms in total. The van der Waals surface area contributed by atoms with Crippen molar-refractivity contribution < 1.29 is 24.9 Å². The lowest BCUT2D eigenvalue weighted by Gasteiger charge is -2.00.